The molecule has 2 aromatic rings. The molecule has 1 unspecified atom stereocenters. The molecule has 4 rings (SSSR count). The van der Waals surface area contributed by atoms with Gasteiger partial charge in [0.2, 0.25) is 0 Å². The first-order valence-electron chi connectivity index (χ1n) is 8.18. The molecule has 2 aliphatic heterocycles. The first-order chi connectivity index (χ1) is 11.6. The Bertz CT molecular complexity index is 788. The predicted molar refractivity (Wildman–Crippen MR) is 104 cm³/mol. The normalized spacial score (nSPS) is 23.5. The highest BCUT2D eigenvalue weighted by molar-refractivity contribution is 9.10. The van der Waals surface area contributed by atoms with Crippen molar-refractivity contribution in [3.63, 3.8) is 0 Å². The lowest BCUT2D eigenvalue weighted by molar-refractivity contribution is -0.532. The van der Waals surface area contributed by atoms with Crippen molar-refractivity contribution in [1.82, 2.24) is 0 Å². The second kappa shape index (κ2) is 6.21. The second-order valence-corrected chi connectivity index (χ2v) is 8.38. The summed E-state index contributed by atoms with van der Waals surface area (Å²) in [6.45, 7) is 3.68. The van der Waals surface area contributed by atoms with Gasteiger partial charge in [-0.25, -0.2) is 4.58 Å². The van der Waals surface area contributed by atoms with E-state index in [4.69, 9.17) is 0 Å². The van der Waals surface area contributed by atoms with Gasteiger partial charge in [-0.1, -0.05) is 45.8 Å². The van der Waals surface area contributed by atoms with E-state index in [1.165, 1.54) is 5.56 Å². The molecule has 0 aromatic heterocycles. The minimum absolute atomic E-state index is 0.606. The number of hydrogen-bond donors (Lipinski definition) is 1. The molecule has 3 nitrogen and oxygen atoms in total. The largest absolute Gasteiger partial charge is 0.346 e. The maximum Gasteiger partial charge on any atom is 0.316 e. The molecule has 0 saturated heterocycles. The zero-order chi connectivity index (χ0) is 16.7. The predicted octanol–water partition coefficient (Wildman–Crippen LogP) is 3.93. The van der Waals surface area contributed by atoms with E-state index in [2.05, 4.69) is 56.6 Å². The number of nitrogens with zero attached hydrogens (tertiary/aromatic N) is 2. The summed E-state index contributed by atoms with van der Waals surface area (Å²) in [6, 6.07) is 16.4. The Balaban J connectivity index is 1.83. The molecule has 24 heavy (non-hydrogen) atoms. The molecule has 0 radical (unpaired) electrons. The standard InChI is InChI=1S/C19H20BrN2OS/c1-14-3-5-15(6-4-14)19(23)13-21-11-2-12-24-18(21)22(19)17-9-7-16(20)8-10-17/h3-10,23H,2,11-13H2,1H3/q+1. The van der Waals surface area contributed by atoms with Crippen LogP contribution in [-0.2, 0) is 5.72 Å². The molecule has 0 amide bonds. The molecule has 2 aliphatic rings. The van der Waals surface area contributed by atoms with Gasteiger partial charge >= 0.3 is 5.17 Å². The number of aliphatic hydroxyl groups is 1. The van der Waals surface area contributed by atoms with Crippen molar-refractivity contribution in [1.29, 1.82) is 0 Å². The van der Waals surface area contributed by atoms with Crippen LogP contribution < -0.4 is 4.90 Å². The summed E-state index contributed by atoms with van der Waals surface area (Å²) >= 11 is 5.34. The third-order valence-electron chi connectivity index (χ3n) is 4.65. The molecule has 0 aliphatic carbocycles. The number of benzene rings is 2. The fourth-order valence-corrected chi connectivity index (χ4v) is 4.85. The van der Waals surface area contributed by atoms with Crippen LogP contribution in [0.2, 0.25) is 0 Å². The summed E-state index contributed by atoms with van der Waals surface area (Å²) in [5, 5.41) is 12.9. The molecule has 2 aromatic carbocycles. The van der Waals surface area contributed by atoms with Crippen molar-refractivity contribution in [2.45, 2.75) is 19.1 Å². The van der Waals surface area contributed by atoms with E-state index in [0.717, 1.165) is 39.6 Å². The summed E-state index contributed by atoms with van der Waals surface area (Å²) in [4.78, 5) is 2.11. The first kappa shape index (κ1) is 16.2. The zero-order valence-electron chi connectivity index (χ0n) is 13.6. The van der Waals surface area contributed by atoms with E-state index in [1.54, 1.807) is 0 Å². The molecule has 2 heterocycles. The highest BCUT2D eigenvalue weighted by Gasteiger charge is 2.55. The van der Waals surface area contributed by atoms with Gasteiger partial charge in [-0.3, -0.25) is 0 Å². The van der Waals surface area contributed by atoms with Crippen molar-refractivity contribution in [3.05, 3.63) is 64.1 Å². The summed E-state index contributed by atoms with van der Waals surface area (Å²) in [5.74, 6) is 1.10. The highest BCUT2D eigenvalue weighted by atomic mass is 79.9. The van der Waals surface area contributed by atoms with Gasteiger partial charge in [0.05, 0.1) is 6.54 Å². The van der Waals surface area contributed by atoms with E-state index < -0.39 is 5.72 Å². The molecule has 0 saturated carbocycles. The van der Waals surface area contributed by atoms with Crippen LogP contribution in [0, 0.1) is 6.92 Å². The van der Waals surface area contributed by atoms with Crippen LogP contribution in [0.15, 0.2) is 53.0 Å². The van der Waals surface area contributed by atoms with Gasteiger partial charge in [-0.2, -0.15) is 4.90 Å². The van der Waals surface area contributed by atoms with E-state index in [-0.39, 0.29) is 0 Å². The number of rotatable bonds is 2. The fourth-order valence-electron chi connectivity index (χ4n) is 3.41. The summed E-state index contributed by atoms with van der Waals surface area (Å²) in [5.41, 5.74) is 2.13. The van der Waals surface area contributed by atoms with Crippen LogP contribution in [0.4, 0.5) is 5.69 Å². The smallest absolute Gasteiger partial charge is 0.316 e. The second-order valence-electron chi connectivity index (χ2n) is 6.40. The Morgan fingerprint density at radius 1 is 1.12 bits per heavy atom. The summed E-state index contributed by atoms with van der Waals surface area (Å²) in [6.07, 6.45) is 1.16. The minimum atomic E-state index is -1.03. The van der Waals surface area contributed by atoms with Gasteiger partial charge in [-0.05, 0) is 49.4 Å². The summed E-state index contributed by atoms with van der Waals surface area (Å²) in [7, 11) is 0. The lowest BCUT2D eigenvalue weighted by Crippen LogP contribution is -2.46. The van der Waals surface area contributed by atoms with E-state index in [0.29, 0.717) is 6.54 Å². The van der Waals surface area contributed by atoms with Gasteiger partial charge in [0.25, 0.3) is 5.72 Å². The van der Waals surface area contributed by atoms with Crippen molar-refractivity contribution < 1.29 is 9.68 Å². The first-order valence-corrected chi connectivity index (χ1v) is 9.96. The Morgan fingerprint density at radius 2 is 1.83 bits per heavy atom. The topological polar surface area (TPSA) is 26.5 Å². The quantitative estimate of drug-likeness (QED) is 0.769. The van der Waals surface area contributed by atoms with Gasteiger partial charge < -0.3 is 5.11 Å². The van der Waals surface area contributed by atoms with Crippen LogP contribution in [0.1, 0.15) is 17.5 Å². The van der Waals surface area contributed by atoms with E-state index >= 15 is 0 Å². The van der Waals surface area contributed by atoms with Gasteiger partial charge in [0, 0.05) is 15.8 Å². The number of amidine groups is 1. The van der Waals surface area contributed by atoms with Gasteiger partial charge in [-0.15, -0.1) is 0 Å². The Hall–Kier alpha value is -1.30. The minimum Gasteiger partial charge on any atom is -0.346 e. The molecule has 1 N–H and O–H groups in total. The maximum atomic E-state index is 11.7. The van der Waals surface area contributed by atoms with Crippen LogP contribution >= 0.6 is 27.7 Å². The Morgan fingerprint density at radius 3 is 2.54 bits per heavy atom. The van der Waals surface area contributed by atoms with Crippen LogP contribution in [0.3, 0.4) is 0 Å². The Kier molecular flexibility index (Phi) is 4.19. The maximum absolute atomic E-state index is 11.7. The van der Waals surface area contributed by atoms with Gasteiger partial charge in [0.1, 0.15) is 5.69 Å². The lowest BCUT2D eigenvalue weighted by atomic mass is 10.00. The van der Waals surface area contributed by atoms with Gasteiger partial charge in [0.15, 0.2) is 6.54 Å². The SMILES string of the molecule is Cc1ccc(C2(O)C[N+]3=C(SCCC3)N2c2ccc(Br)cc2)cc1. The lowest BCUT2D eigenvalue weighted by Gasteiger charge is -2.28. The molecule has 1 atom stereocenters. The third kappa shape index (κ3) is 2.68. The van der Waals surface area contributed by atoms with E-state index in [9.17, 15) is 5.11 Å². The van der Waals surface area contributed by atoms with Crippen LogP contribution in [0.5, 0.6) is 0 Å². The highest BCUT2D eigenvalue weighted by Crippen LogP contribution is 2.40. The molecule has 0 fully saturated rings. The number of thioether (sulfide) groups is 1. The van der Waals surface area contributed by atoms with E-state index in [1.807, 2.05) is 36.0 Å². The molecular formula is C19H20BrN2OS+. The monoisotopic (exact) mass is 403 g/mol. The van der Waals surface area contributed by atoms with Crippen molar-refractivity contribution in [2.24, 2.45) is 0 Å². The fraction of sp³-hybridized carbons (Fsp3) is 0.316. The van der Waals surface area contributed by atoms with Crippen molar-refractivity contribution >= 4 is 38.5 Å². The number of hydrogen-bond acceptors (Lipinski definition) is 3. The molecule has 0 bridgehead atoms. The Labute approximate surface area is 155 Å². The van der Waals surface area contributed by atoms with Crippen molar-refractivity contribution in [2.75, 3.05) is 23.7 Å². The van der Waals surface area contributed by atoms with Crippen LogP contribution in [-0.4, -0.2) is 33.7 Å². The van der Waals surface area contributed by atoms with Crippen LogP contribution in [0.25, 0.3) is 0 Å². The summed E-state index contributed by atoms with van der Waals surface area (Å²) < 4.78 is 3.36. The average molecular weight is 404 g/mol. The average Bonchev–Trinajstić information content (AvgIpc) is 2.89. The molecule has 124 valence electrons. The third-order valence-corrected chi connectivity index (χ3v) is 6.37. The zero-order valence-corrected chi connectivity index (χ0v) is 16.0. The van der Waals surface area contributed by atoms with Crippen molar-refractivity contribution in [3.8, 4) is 0 Å². The number of halogens is 1. The number of aryl methyl sites for hydroxylation is 1. The molecular weight excluding hydrogens is 384 g/mol. The number of anilines is 1. The molecule has 5 heteroatoms. The molecule has 0 spiro atoms.